The van der Waals surface area contributed by atoms with Crippen LogP contribution in [0, 0.1) is 8.99 Å². The van der Waals surface area contributed by atoms with E-state index in [0.717, 1.165) is 25.9 Å². The van der Waals surface area contributed by atoms with Gasteiger partial charge in [-0.1, -0.05) is 26.0 Å². The van der Waals surface area contributed by atoms with Crippen molar-refractivity contribution in [1.29, 1.82) is 0 Å². The fourth-order valence-corrected chi connectivity index (χ4v) is 2.15. The van der Waals surface area contributed by atoms with Gasteiger partial charge in [0.25, 0.3) is 0 Å². The number of halogens is 1. The van der Waals surface area contributed by atoms with E-state index >= 15 is 0 Å². The molecule has 0 saturated heterocycles. The van der Waals surface area contributed by atoms with Gasteiger partial charge in [0.15, 0.2) is 0 Å². The Morgan fingerprint density at radius 3 is 2.47 bits per heavy atom. The second-order valence-electron chi connectivity index (χ2n) is 5.22. The molecule has 96 valence electrons. The van der Waals surface area contributed by atoms with E-state index in [1.165, 1.54) is 9.13 Å². The van der Waals surface area contributed by atoms with Crippen LogP contribution in [-0.4, -0.2) is 18.3 Å². The summed E-state index contributed by atoms with van der Waals surface area (Å²) in [4.78, 5) is 0. The maximum Gasteiger partial charge on any atom is 0.0431 e. The van der Waals surface area contributed by atoms with Crippen molar-refractivity contribution in [3.63, 3.8) is 0 Å². The Morgan fingerprint density at radius 1 is 1.24 bits per heavy atom. The summed E-state index contributed by atoms with van der Waals surface area (Å²) in [5.41, 5.74) is 1.58. The summed E-state index contributed by atoms with van der Waals surface area (Å²) in [6.07, 6.45) is 1.95. The molecule has 3 heteroatoms. The van der Waals surface area contributed by atoms with Gasteiger partial charge in [-0.15, -0.1) is 0 Å². The standard InChI is InChI=1S/C14H22INO/c1-14(2,8-3-9-17)11-16-10-12-4-6-13(15)7-5-12/h4-7,16-17H,3,8-11H2,1-2H3. The predicted molar refractivity (Wildman–Crippen MR) is 81.0 cm³/mol. The van der Waals surface area contributed by atoms with Gasteiger partial charge in [0.2, 0.25) is 0 Å². The second kappa shape index (κ2) is 7.34. The first-order valence-electron chi connectivity index (χ1n) is 6.09. The van der Waals surface area contributed by atoms with Crippen LogP contribution in [0.3, 0.4) is 0 Å². The van der Waals surface area contributed by atoms with Crippen LogP contribution >= 0.6 is 22.6 Å². The van der Waals surface area contributed by atoms with Gasteiger partial charge < -0.3 is 10.4 Å². The van der Waals surface area contributed by atoms with Gasteiger partial charge in [-0.2, -0.15) is 0 Å². The van der Waals surface area contributed by atoms with E-state index in [1.807, 2.05) is 0 Å². The highest BCUT2D eigenvalue weighted by Gasteiger charge is 2.16. The lowest BCUT2D eigenvalue weighted by atomic mass is 9.88. The van der Waals surface area contributed by atoms with Gasteiger partial charge in [-0.25, -0.2) is 0 Å². The number of rotatable bonds is 7. The molecule has 1 aromatic carbocycles. The number of hydrogen-bond donors (Lipinski definition) is 2. The van der Waals surface area contributed by atoms with E-state index < -0.39 is 0 Å². The largest absolute Gasteiger partial charge is 0.396 e. The van der Waals surface area contributed by atoms with E-state index in [-0.39, 0.29) is 5.41 Å². The molecule has 1 rings (SSSR count). The van der Waals surface area contributed by atoms with Crippen molar-refractivity contribution in [3.8, 4) is 0 Å². The lowest BCUT2D eigenvalue weighted by molar-refractivity contribution is 0.236. The van der Waals surface area contributed by atoms with Gasteiger partial charge in [-0.05, 0) is 58.5 Å². The number of hydrogen-bond acceptors (Lipinski definition) is 2. The molecule has 0 radical (unpaired) electrons. The molecule has 0 fully saturated rings. The molecular weight excluding hydrogens is 325 g/mol. The Kier molecular flexibility index (Phi) is 6.44. The molecule has 0 aliphatic heterocycles. The number of aliphatic hydroxyl groups excluding tert-OH is 1. The first-order valence-corrected chi connectivity index (χ1v) is 7.17. The number of benzene rings is 1. The van der Waals surface area contributed by atoms with E-state index in [4.69, 9.17) is 5.11 Å². The summed E-state index contributed by atoms with van der Waals surface area (Å²) in [5.74, 6) is 0. The molecule has 0 bridgehead atoms. The molecule has 0 aliphatic rings. The molecule has 0 atom stereocenters. The van der Waals surface area contributed by atoms with Crippen LogP contribution < -0.4 is 5.32 Å². The van der Waals surface area contributed by atoms with Crippen LogP contribution in [0.15, 0.2) is 24.3 Å². The van der Waals surface area contributed by atoms with Crippen molar-refractivity contribution < 1.29 is 5.11 Å². The Balaban J connectivity index is 2.29. The second-order valence-corrected chi connectivity index (χ2v) is 6.47. The lowest BCUT2D eigenvalue weighted by Gasteiger charge is -2.24. The minimum Gasteiger partial charge on any atom is -0.396 e. The SMILES string of the molecule is CC(C)(CCCO)CNCc1ccc(I)cc1. The third-order valence-electron chi connectivity index (χ3n) is 2.86. The third kappa shape index (κ3) is 6.38. The van der Waals surface area contributed by atoms with E-state index in [2.05, 4.69) is 66.0 Å². The maximum atomic E-state index is 8.84. The quantitative estimate of drug-likeness (QED) is 0.743. The van der Waals surface area contributed by atoms with Gasteiger partial charge in [0, 0.05) is 23.3 Å². The van der Waals surface area contributed by atoms with Crippen molar-refractivity contribution in [2.24, 2.45) is 5.41 Å². The average molecular weight is 347 g/mol. The van der Waals surface area contributed by atoms with Gasteiger partial charge in [0.1, 0.15) is 0 Å². The molecule has 17 heavy (non-hydrogen) atoms. The summed E-state index contributed by atoms with van der Waals surface area (Å²) in [6, 6.07) is 8.59. The molecule has 0 aliphatic carbocycles. The predicted octanol–water partition coefficient (Wildman–Crippen LogP) is 3.18. The zero-order chi connectivity index (χ0) is 12.7. The molecule has 2 nitrogen and oxygen atoms in total. The summed E-state index contributed by atoms with van der Waals surface area (Å²) >= 11 is 2.32. The van der Waals surface area contributed by atoms with E-state index in [1.54, 1.807) is 0 Å². The summed E-state index contributed by atoms with van der Waals surface area (Å²) < 4.78 is 1.27. The molecule has 0 unspecified atom stereocenters. The van der Waals surface area contributed by atoms with Crippen molar-refractivity contribution in [2.45, 2.75) is 33.2 Å². The van der Waals surface area contributed by atoms with Gasteiger partial charge >= 0.3 is 0 Å². The molecule has 0 aromatic heterocycles. The average Bonchev–Trinajstić information content (AvgIpc) is 2.29. The van der Waals surface area contributed by atoms with Crippen molar-refractivity contribution in [3.05, 3.63) is 33.4 Å². The van der Waals surface area contributed by atoms with E-state index in [9.17, 15) is 0 Å². The molecule has 0 amide bonds. The van der Waals surface area contributed by atoms with Crippen molar-refractivity contribution in [2.75, 3.05) is 13.2 Å². The van der Waals surface area contributed by atoms with Crippen LogP contribution in [0.2, 0.25) is 0 Å². The number of nitrogens with one attached hydrogen (secondary N) is 1. The first kappa shape index (κ1) is 14.9. The van der Waals surface area contributed by atoms with Crippen LogP contribution in [0.5, 0.6) is 0 Å². The monoisotopic (exact) mass is 347 g/mol. The Labute approximate surface area is 118 Å². The van der Waals surface area contributed by atoms with Crippen LogP contribution in [0.1, 0.15) is 32.3 Å². The van der Waals surface area contributed by atoms with Crippen molar-refractivity contribution >= 4 is 22.6 Å². The molecule has 1 aromatic rings. The van der Waals surface area contributed by atoms with Gasteiger partial charge in [0.05, 0.1) is 0 Å². The zero-order valence-electron chi connectivity index (χ0n) is 10.7. The highest BCUT2D eigenvalue weighted by molar-refractivity contribution is 14.1. The van der Waals surface area contributed by atoms with Crippen LogP contribution in [-0.2, 0) is 6.54 Å². The summed E-state index contributed by atoms with van der Waals surface area (Å²) in [6.45, 7) is 6.67. The Morgan fingerprint density at radius 2 is 1.88 bits per heavy atom. The topological polar surface area (TPSA) is 32.3 Å². The normalized spacial score (nSPS) is 11.8. The third-order valence-corrected chi connectivity index (χ3v) is 3.58. The summed E-state index contributed by atoms with van der Waals surface area (Å²) in [7, 11) is 0. The van der Waals surface area contributed by atoms with Crippen molar-refractivity contribution in [1.82, 2.24) is 5.32 Å². The lowest BCUT2D eigenvalue weighted by Crippen LogP contribution is -2.29. The van der Waals surface area contributed by atoms with Crippen LogP contribution in [0.4, 0.5) is 0 Å². The molecular formula is C14H22INO. The fourth-order valence-electron chi connectivity index (χ4n) is 1.79. The Hall–Kier alpha value is -0.130. The molecule has 0 spiro atoms. The van der Waals surface area contributed by atoms with E-state index in [0.29, 0.717) is 6.61 Å². The zero-order valence-corrected chi connectivity index (χ0v) is 12.8. The first-order chi connectivity index (χ1) is 8.03. The van der Waals surface area contributed by atoms with Gasteiger partial charge in [-0.3, -0.25) is 0 Å². The fraction of sp³-hybridized carbons (Fsp3) is 0.571. The number of aliphatic hydroxyl groups is 1. The highest BCUT2D eigenvalue weighted by atomic mass is 127. The van der Waals surface area contributed by atoms with Crippen LogP contribution in [0.25, 0.3) is 0 Å². The molecule has 0 heterocycles. The Bertz CT molecular complexity index is 321. The maximum absolute atomic E-state index is 8.84. The minimum absolute atomic E-state index is 0.256. The highest BCUT2D eigenvalue weighted by Crippen LogP contribution is 2.20. The minimum atomic E-state index is 0.256. The molecule has 2 N–H and O–H groups in total. The smallest absolute Gasteiger partial charge is 0.0431 e. The molecule has 0 saturated carbocycles. The summed E-state index contributed by atoms with van der Waals surface area (Å²) in [5, 5.41) is 12.3.